The van der Waals surface area contributed by atoms with E-state index in [9.17, 15) is 36.2 Å². The summed E-state index contributed by atoms with van der Waals surface area (Å²) in [4.78, 5) is 12.4. The molecule has 0 bridgehead atoms. The Balaban J connectivity index is 1.90. The Bertz CT molecular complexity index is 1010. The molecule has 2 aromatic carbocycles. The number of hydrogen-bond acceptors (Lipinski definition) is 4. The number of halogens is 6. The van der Waals surface area contributed by atoms with Crippen LogP contribution < -0.4 is 10.6 Å². The van der Waals surface area contributed by atoms with Crippen LogP contribution in [0.3, 0.4) is 0 Å². The van der Waals surface area contributed by atoms with Gasteiger partial charge in [-0.15, -0.1) is 0 Å². The van der Waals surface area contributed by atoms with Gasteiger partial charge >= 0.3 is 12.4 Å². The highest BCUT2D eigenvalue weighted by atomic mass is 19.4. The van der Waals surface area contributed by atoms with Crippen molar-refractivity contribution in [1.82, 2.24) is 5.32 Å². The number of amides is 1. The maximum absolute atomic E-state index is 13.6. The van der Waals surface area contributed by atoms with E-state index in [2.05, 4.69) is 10.6 Å². The number of nitrogens with zero attached hydrogens (tertiary/aromatic N) is 1. The fourth-order valence-electron chi connectivity index (χ4n) is 3.52. The Morgan fingerprint density at radius 1 is 1.10 bits per heavy atom. The van der Waals surface area contributed by atoms with E-state index in [-0.39, 0.29) is 17.0 Å². The first-order valence-corrected chi connectivity index (χ1v) is 8.94. The number of hydrogen-bond donors (Lipinski definition) is 3. The second-order valence-corrected chi connectivity index (χ2v) is 7.03. The number of anilines is 1. The predicted octanol–water partition coefficient (Wildman–Crippen LogP) is 4.30. The van der Waals surface area contributed by atoms with Crippen LogP contribution in [0.4, 0.5) is 32.0 Å². The van der Waals surface area contributed by atoms with E-state index < -0.39 is 53.8 Å². The lowest BCUT2D eigenvalue weighted by Crippen LogP contribution is -2.46. The minimum Gasteiger partial charge on any atom is -0.508 e. The lowest BCUT2D eigenvalue weighted by Gasteiger charge is -2.23. The molecule has 1 saturated heterocycles. The maximum atomic E-state index is 13.6. The van der Waals surface area contributed by atoms with Crippen molar-refractivity contribution >= 4 is 11.6 Å². The molecule has 0 spiro atoms. The molecule has 1 unspecified atom stereocenters. The van der Waals surface area contributed by atoms with Gasteiger partial charge in [-0.3, -0.25) is 10.1 Å². The third-order valence-corrected chi connectivity index (χ3v) is 4.97. The van der Waals surface area contributed by atoms with Crippen LogP contribution in [0.5, 0.6) is 5.75 Å². The van der Waals surface area contributed by atoms with Gasteiger partial charge < -0.3 is 10.4 Å². The summed E-state index contributed by atoms with van der Waals surface area (Å²) in [5, 5.41) is 22.7. The molecule has 2 aromatic rings. The number of phenolic OH excluding ortho intramolecular Hbond substituents is 1. The number of carbonyl (C=O) groups excluding carboxylic acids is 1. The average Bonchev–Trinajstić information content (AvgIpc) is 3.15. The van der Waals surface area contributed by atoms with E-state index in [0.29, 0.717) is 6.07 Å². The molecule has 3 rings (SSSR count). The molecule has 164 valence electrons. The SMILES string of the molecule is N#Cc1ccc(C2C[C@@H](C(=O)Nc3ccc(O)cc3)N[C@H]2C(F)(F)F)cc1C(F)(F)F. The summed E-state index contributed by atoms with van der Waals surface area (Å²) in [7, 11) is 0. The van der Waals surface area contributed by atoms with Crippen molar-refractivity contribution in [2.24, 2.45) is 0 Å². The van der Waals surface area contributed by atoms with Crippen LogP contribution in [0.1, 0.15) is 29.0 Å². The third kappa shape index (κ3) is 4.91. The zero-order valence-corrected chi connectivity index (χ0v) is 15.6. The van der Waals surface area contributed by atoms with Gasteiger partial charge in [0.1, 0.15) is 11.8 Å². The highest BCUT2D eigenvalue weighted by Gasteiger charge is 2.52. The van der Waals surface area contributed by atoms with Gasteiger partial charge in [-0.05, 0) is 48.4 Å². The highest BCUT2D eigenvalue weighted by molar-refractivity contribution is 5.95. The molecular formula is C20H15F6N3O2. The lowest BCUT2D eigenvalue weighted by atomic mass is 9.88. The van der Waals surface area contributed by atoms with E-state index in [1.165, 1.54) is 30.3 Å². The van der Waals surface area contributed by atoms with Gasteiger partial charge in [-0.1, -0.05) is 6.07 Å². The molecule has 1 amide bonds. The van der Waals surface area contributed by atoms with Crippen molar-refractivity contribution in [2.75, 3.05) is 5.32 Å². The van der Waals surface area contributed by atoms with Gasteiger partial charge in [0.05, 0.1) is 23.2 Å². The number of nitrogens with one attached hydrogen (secondary N) is 2. The van der Waals surface area contributed by atoms with E-state index in [1.54, 1.807) is 0 Å². The number of carbonyl (C=O) groups is 1. The molecule has 0 radical (unpaired) electrons. The van der Waals surface area contributed by atoms with Gasteiger partial charge in [0, 0.05) is 11.6 Å². The summed E-state index contributed by atoms with van der Waals surface area (Å²) in [5.41, 5.74) is -2.08. The number of nitriles is 1. The Kier molecular flexibility index (Phi) is 5.87. The molecule has 0 aliphatic carbocycles. The standard InChI is InChI=1S/C20H15F6N3O2/c21-19(22,23)15-7-10(1-2-11(15)9-27)14-8-16(29-17(14)20(24,25)26)18(31)28-12-3-5-13(30)6-4-12/h1-7,14,16-17,29-30H,8H2,(H,28,31)/t14?,16-,17+/m0/s1. The fraction of sp³-hybridized carbons (Fsp3) is 0.300. The summed E-state index contributed by atoms with van der Waals surface area (Å²) in [6.07, 6.45) is -10.2. The minimum absolute atomic E-state index is 0.0736. The normalized spacial score (nSPS) is 21.5. The first kappa shape index (κ1) is 22.4. The van der Waals surface area contributed by atoms with Crippen LogP contribution in [0.2, 0.25) is 0 Å². The summed E-state index contributed by atoms with van der Waals surface area (Å²) in [6, 6.07) is 5.44. The van der Waals surface area contributed by atoms with Crippen LogP contribution in [0, 0.1) is 11.3 Å². The number of rotatable bonds is 3. The fourth-order valence-corrected chi connectivity index (χ4v) is 3.52. The van der Waals surface area contributed by atoms with Gasteiger partial charge in [0.25, 0.3) is 0 Å². The monoisotopic (exact) mass is 443 g/mol. The van der Waals surface area contributed by atoms with E-state index in [4.69, 9.17) is 5.26 Å². The smallest absolute Gasteiger partial charge is 0.417 e. The summed E-state index contributed by atoms with van der Waals surface area (Å²) in [6.45, 7) is 0. The molecule has 1 aliphatic rings. The number of benzene rings is 2. The molecule has 3 atom stereocenters. The lowest BCUT2D eigenvalue weighted by molar-refractivity contribution is -0.156. The zero-order valence-electron chi connectivity index (χ0n) is 15.6. The van der Waals surface area contributed by atoms with Crippen LogP contribution in [-0.4, -0.2) is 29.3 Å². The van der Waals surface area contributed by atoms with Crippen LogP contribution in [0.15, 0.2) is 42.5 Å². The molecular weight excluding hydrogens is 428 g/mol. The Labute approximate surface area is 172 Å². The topological polar surface area (TPSA) is 85.2 Å². The second-order valence-electron chi connectivity index (χ2n) is 7.03. The first-order chi connectivity index (χ1) is 14.4. The number of aromatic hydroxyl groups is 1. The van der Waals surface area contributed by atoms with Gasteiger partial charge in [-0.25, -0.2) is 0 Å². The van der Waals surface area contributed by atoms with Crippen molar-refractivity contribution in [3.8, 4) is 11.8 Å². The number of phenols is 1. The molecule has 5 nitrogen and oxygen atoms in total. The highest BCUT2D eigenvalue weighted by Crippen LogP contribution is 2.42. The molecule has 1 fully saturated rings. The first-order valence-electron chi connectivity index (χ1n) is 8.94. The largest absolute Gasteiger partial charge is 0.508 e. The average molecular weight is 443 g/mol. The maximum Gasteiger partial charge on any atom is 0.417 e. The molecule has 1 aliphatic heterocycles. The van der Waals surface area contributed by atoms with Crippen molar-refractivity contribution in [3.05, 3.63) is 59.2 Å². The summed E-state index contributed by atoms with van der Waals surface area (Å²) < 4.78 is 80.5. The Hall–Kier alpha value is -3.26. The van der Waals surface area contributed by atoms with Crippen molar-refractivity contribution < 1.29 is 36.2 Å². The second kappa shape index (κ2) is 8.11. The van der Waals surface area contributed by atoms with E-state index >= 15 is 0 Å². The van der Waals surface area contributed by atoms with Crippen LogP contribution in [-0.2, 0) is 11.0 Å². The predicted molar refractivity (Wildman–Crippen MR) is 97.0 cm³/mol. The Morgan fingerprint density at radius 2 is 1.74 bits per heavy atom. The molecule has 31 heavy (non-hydrogen) atoms. The van der Waals surface area contributed by atoms with Crippen molar-refractivity contribution in [2.45, 2.75) is 36.8 Å². The molecule has 11 heteroatoms. The molecule has 0 aromatic heterocycles. The quantitative estimate of drug-likeness (QED) is 0.488. The van der Waals surface area contributed by atoms with Crippen LogP contribution in [0.25, 0.3) is 0 Å². The Morgan fingerprint density at radius 3 is 2.29 bits per heavy atom. The summed E-state index contributed by atoms with van der Waals surface area (Å²) >= 11 is 0. The van der Waals surface area contributed by atoms with Crippen molar-refractivity contribution in [3.63, 3.8) is 0 Å². The van der Waals surface area contributed by atoms with Gasteiger partial charge in [0.15, 0.2) is 0 Å². The minimum atomic E-state index is -4.92. The van der Waals surface area contributed by atoms with Crippen LogP contribution >= 0.6 is 0 Å². The molecule has 3 N–H and O–H groups in total. The summed E-state index contributed by atoms with van der Waals surface area (Å²) in [5.74, 6) is -2.34. The number of alkyl halides is 6. The zero-order chi connectivity index (χ0) is 23.0. The van der Waals surface area contributed by atoms with Gasteiger partial charge in [-0.2, -0.15) is 31.6 Å². The third-order valence-electron chi connectivity index (χ3n) is 4.97. The van der Waals surface area contributed by atoms with E-state index in [0.717, 1.165) is 12.1 Å². The van der Waals surface area contributed by atoms with Crippen molar-refractivity contribution in [1.29, 1.82) is 5.26 Å². The molecule has 0 saturated carbocycles. The van der Waals surface area contributed by atoms with E-state index in [1.807, 2.05) is 0 Å². The van der Waals surface area contributed by atoms with Gasteiger partial charge in [0.2, 0.25) is 5.91 Å². The molecule has 1 heterocycles.